The highest BCUT2D eigenvalue weighted by molar-refractivity contribution is 5.93. The Morgan fingerprint density at radius 2 is 1.53 bits per heavy atom. The van der Waals surface area contributed by atoms with E-state index in [1.54, 1.807) is 0 Å². The van der Waals surface area contributed by atoms with Crippen molar-refractivity contribution in [2.24, 2.45) is 23.7 Å². The van der Waals surface area contributed by atoms with Crippen molar-refractivity contribution in [3.63, 3.8) is 0 Å². The van der Waals surface area contributed by atoms with Crippen LogP contribution in [0, 0.1) is 23.7 Å². The number of amides is 1. The lowest BCUT2D eigenvalue weighted by Crippen LogP contribution is -2.58. The van der Waals surface area contributed by atoms with Crippen molar-refractivity contribution in [2.45, 2.75) is 38.1 Å². The summed E-state index contributed by atoms with van der Waals surface area (Å²) in [4.78, 5) is 21.8. The Balaban J connectivity index is 1.53. The second kappa shape index (κ2) is 4.96. The van der Waals surface area contributed by atoms with Gasteiger partial charge in [0.2, 0.25) is 0 Å². The van der Waals surface area contributed by atoms with Gasteiger partial charge in [-0.05, 0) is 55.8 Å². The smallest absolute Gasteiger partial charge is 0.328 e. The standard InChI is InChI=1S/C14H20N2O3/c17-12(1-2-13(18)19)15-16-14-10-4-8-3-9(6-10)7-11(14)5-8/h1-2,8-11,14,16H,3-7H2,(H,15,17)(H,18,19)/b2-1+. The van der Waals surface area contributed by atoms with Gasteiger partial charge < -0.3 is 5.11 Å². The van der Waals surface area contributed by atoms with E-state index in [0.717, 1.165) is 24.0 Å². The number of hydrazine groups is 1. The SMILES string of the molecule is O=C(O)/C=C/C(=O)NNC1C2CC3CC(C2)CC1C3. The molecule has 0 aromatic heterocycles. The molecule has 0 saturated heterocycles. The van der Waals surface area contributed by atoms with Crippen LogP contribution in [0.1, 0.15) is 32.1 Å². The summed E-state index contributed by atoms with van der Waals surface area (Å²) in [6, 6.07) is 0.370. The topological polar surface area (TPSA) is 78.4 Å². The molecule has 3 N–H and O–H groups in total. The lowest BCUT2D eigenvalue weighted by molar-refractivity contribution is -0.131. The van der Waals surface area contributed by atoms with Crippen LogP contribution in [0.5, 0.6) is 0 Å². The summed E-state index contributed by atoms with van der Waals surface area (Å²) in [6.07, 6.45) is 8.45. The fourth-order valence-corrected chi connectivity index (χ4v) is 4.50. The molecule has 0 atom stereocenters. The lowest BCUT2D eigenvalue weighted by atomic mass is 9.54. The van der Waals surface area contributed by atoms with Crippen molar-refractivity contribution >= 4 is 11.9 Å². The van der Waals surface area contributed by atoms with Gasteiger partial charge in [-0.25, -0.2) is 10.2 Å². The van der Waals surface area contributed by atoms with Crippen molar-refractivity contribution in [1.82, 2.24) is 10.9 Å². The van der Waals surface area contributed by atoms with E-state index >= 15 is 0 Å². The zero-order valence-corrected chi connectivity index (χ0v) is 10.8. The molecule has 0 aliphatic heterocycles. The van der Waals surface area contributed by atoms with Crippen LogP contribution in [0.25, 0.3) is 0 Å². The zero-order chi connectivity index (χ0) is 13.4. The Morgan fingerprint density at radius 3 is 2.05 bits per heavy atom. The van der Waals surface area contributed by atoms with Gasteiger partial charge in [-0.15, -0.1) is 0 Å². The first-order valence-corrected chi connectivity index (χ1v) is 7.08. The van der Waals surface area contributed by atoms with Crippen LogP contribution in [-0.4, -0.2) is 23.0 Å². The summed E-state index contributed by atoms with van der Waals surface area (Å²) >= 11 is 0. The van der Waals surface area contributed by atoms with Crippen LogP contribution in [0.3, 0.4) is 0 Å². The van der Waals surface area contributed by atoms with Crippen LogP contribution >= 0.6 is 0 Å². The van der Waals surface area contributed by atoms with Crippen LogP contribution in [0.15, 0.2) is 12.2 Å². The maximum absolute atomic E-state index is 11.5. The number of hydrogen-bond acceptors (Lipinski definition) is 3. The highest BCUT2D eigenvalue weighted by atomic mass is 16.4. The first-order valence-electron chi connectivity index (χ1n) is 7.08. The quantitative estimate of drug-likeness (QED) is 0.524. The molecule has 4 fully saturated rings. The van der Waals surface area contributed by atoms with Gasteiger partial charge in [0.05, 0.1) is 0 Å². The molecule has 4 bridgehead atoms. The van der Waals surface area contributed by atoms with E-state index in [0.29, 0.717) is 17.9 Å². The fourth-order valence-electron chi connectivity index (χ4n) is 4.50. The third-order valence-electron chi connectivity index (χ3n) is 4.97. The normalized spacial score (nSPS) is 39.7. The van der Waals surface area contributed by atoms with Gasteiger partial charge in [0, 0.05) is 18.2 Å². The number of nitrogens with one attached hydrogen (secondary N) is 2. The van der Waals surface area contributed by atoms with E-state index in [1.165, 1.54) is 32.1 Å². The van der Waals surface area contributed by atoms with Gasteiger partial charge >= 0.3 is 5.97 Å². The molecule has 0 unspecified atom stereocenters. The molecule has 0 heterocycles. The van der Waals surface area contributed by atoms with E-state index in [2.05, 4.69) is 10.9 Å². The average molecular weight is 264 g/mol. The summed E-state index contributed by atoms with van der Waals surface area (Å²) < 4.78 is 0. The third-order valence-corrected chi connectivity index (χ3v) is 4.97. The molecule has 1 amide bonds. The molecule has 5 nitrogen and oxygen atoms in total. The maximum atomic E-state index is 11.5. The highest BCUT2D eigenvalue weighted by Gasteiger charge is 2.48. The number of aliphatic carboxylic acids is 1. The number of carbonyl (C=O) groups is 2. The zero-order valence-electron chi connectivity index (χ0n) is 10.8. The summed E-state index contributed by atoms with van der Waals surface area (Å²) in [6.45, 7) is 0. The van der Waals surface area contributed by atoms with Crippen LogP contribution in [0.4, 0.5) is 0 Å². The molecule has 0 spiro atoms. The van der Waals surface area contributed by atoms with Gasteiger partial charge in [-0.3, -0.25) is 10.2 Å². The minimum Gasteiger partial charge on any atom is -0.478 e. The monoisotopic (exact) mass is 264 g/mol. The molecule has 0 aromatic carbocycles. The molecular weight excluding hydrogens is 244 g/mol. The number of carbonyl (C=O) groups excluding carboxylic acids is 1. The number of carboxylic acids is 1. The Morgan fingerprint density at radius 1 is 0.947 bits per heavy atom. The first-order chi connectivity index (χ1) is 9.11. The molecule has 19 heavy (non-hydrogen) atoms. The van der Waals surface area contributed by atoms with E-state index in [9.17, 15) is 9.59 Å². The van der Waals surface area contributed by atoms with E-state index in [1.807, 2.05) is 0 Å². The highest BCUT2D eigenvalue weighted by Crippen LogP contribution is 2.53. The summed E-state index contributed by atoms with van der Waals surface area (Å²) in [5.74, 6) is 1.67. The predicted octanol–water partition coefficient (Wildman–Crippen LogP) is 1.07. The molecular formula is C14H20N2O3. The van der Waals surface area contributed by atoms with Crippen LogP contribution in [0.2, 0.25) is 0 Å². The Bertz CT molecular complexity index is 391. The molecule has 5 heteroatoms. The molecule has 4 aliphatic carbocycles. The molecule has 4 saturated carbocycles. The van der Waals surface area contributed by atoms with E-state index < -0.39 is 11.9 Å². The summed E-state index contributed by atoms with van der Waals surface area (Å²) in [5, 5.41) is 8.46. The molecule has 4 aliphatic rings. The van der Waals surface area contributed by atoms with Gasteiger partial charge in [0.1, 0.15) is 0 Å². The van der Waals surface area contributed by atoms with E-state index in [-0.39, 0.29) is 0 Å². The Labute approximate surface area is 112 Å². The van der Waals surface area contributed by atoms with Gasteiger partial charge in [0.25, 0.3) is 5.91 Å². The van der Waals surface area contributed by atoms with Crippen molar-refractivity contribution in [2.75, 3.05) is 0 Å². The van der Waals surface area contributed by atoms with E-state index in [4.69, 9.17) is 5.11 Å². The Kier molecular flexibility index (Phi) is 3.31. The molecule has 0 radical (unpaired) electrons. The number of hydrogen-bond donors (Lipinski definition) is 3. The molecule has 104 valence electrons. The minimum atomic E-state index is -1.11. The fraction of sp³-hybridized carbons (Fsp3) is 0.714. The average Bonchev–Trinajstić information content (AvgIpc) is 2.34. The van der Waals surface area contributed by atoms with Gasteiger partial charge in [-0.1, -0.05) is 0 Å². The third kappa shape index (κ3) is 2.66. The van der Waals surface area contributed by atoms with Crippen LogP contribution in [-0.2, 0) is 9.59 Å². The summed E-state index contributed by atoms with van der Waals surface area (Å²) in [5.41, 5.74) is 5.77. The van der Waals surface area contributed by atoms with Crippen molar-refractivity contribution in [3.8, 4) is 0 Å². The van der Waals surface area contributed by atoms with Gasteiger partial charge in [-0.2, -0.15) is 0 Å². The molecule has 4 rings (SSSR count). The predicted molar refractivity (Wildman–Crippen MR) is 68.9 cm³/mol. The van der Waals surface area contributed by atoms with Crippen LogP contribution < -0.4 is 10.9 Å². The minimum absolute atomic E-state index is 0.370. The number of carboxylic acid groups (broad SMARTS) is 1. The van der Waals surface area contributed by atoms with Crippen molar-refractivity contribution in [3.05, 3.63) is 12.2 Å². The Hall–Kier alpha value is -1.36. The van der Waals surface area contributed by atoms with Gasteiger partial charge in [0.15, 0.2) is 0 Å². The number of rotatable bonds is 4. The summed E-state index contributed by atoms with van der Waals surface area (Å²) in [7, 11) is 0. The molecule has 0 aromatic rings. The maximum Gasteiger partial charge on any atom is 0.328 e. The second-order valence-corrected chi connectivity index (χ2v) is 6.26. The lowest BCUT2D eigenvalue weighted by Gasteiger charge is -2.54. The largest absolute Gasteiger partial charge is 0.478 e. The second-order valence-electron chi connectivity index (χ2n) is 6.26. The first kappa shape index (κ1) is 12.7. The van der Waals surface area contributed by atoms with Crippen molar-refractivity contribution < 1.29 is 14.7 Å². The van der Waals surface area contributed by atoms with Crippen molar-refractivity contribution in [1.29, 1.82) is 0 Å².